The van der Waals surface area contributed by atoms with Gasteiger partial charge in [0.25, 0.3) is 0 Å². The van der Waals surface area contributed by atoms with Crippen LogP contribution >= 0.6 is 15.9 Å². The van der Waals surface area contributed by atoms with Gasteiger partial charge in [-0.25, -0.2) is 4.79 Å². The highest BCUT2D eigenvalue weighted by molar-refractivity contribution is 9.10. The second kappa shape index (κ2) is 4.94. The van der Waals surface area contributed by atoms with Gasteiger partial charge in [-0.05, 0) is 29.9 Å². The Labute approximate surface area is 130 Å². The van der Waals surface area contributed by atoms with Crippen molar-refractivity contribution in [2.24, 2.45) is 5.41 Å². The first kappa shape index (κ1) is 14.3. The Morgan fingerprint density at radius 1 is 1.29 bits per heavy atom. The second-order valence-corrected chi connectivity index (χ2v) is 6.84. The van der Waals surface area contributed by atoms with Gasteiger partial charge in [-0.15, -0.1) is 0 Å². The third-order valence-corrected chi connectivity index (χ3v) is 4.83. The summed E-state index contributed by atoms with van der Waals surface area (Å²) in [4.78, 5) is 37.8. The van der Waals surface area contributed by atoms with Gasteiger partial charge in [0.05, 0.1) is 0 Å². The molecule has 0 bridgehead atoms. The Bertz CT molecular complexity index is 640. The van der Waals surface area contributed by atoms with E-state index in [0.29, 0.717) is 16.6 Å². The first-order chi connectivity index (χ1) is 9.91. The predicted octanol–water partition coefficient (Wildman–Crippen LogP) is 2.41. The maximum atomic E-state index is 12.6. The molecule has 1 atom stereocenters. The Kier molecular flexibility index (Phi) is 3.36. The van der Waals surface area contributed by atoms with Gasteiger partial charge in [-0.2, -0.15) is 0 Å². The number of halogens is 1. The molecule has 1 aromatic carbocycles. The van der Waals surface area contributed by atoms with E-state index in [0.717, 1.165) is 12.8 Å². The van der Waals surface area contributed by atoms with Crippen molar-refractivity contribution in [2.75, 3.05) is 6.54 Å². The van der Waals surface area contributed by atoms with Gasteiger partial charge in [-0.3, -0.25) is 19.8 Å². The SMILES string of the molecule is CC1(CN2C(=O)NC(=O)C(c3ccccc3Br)C2=O)CC1. The third kappa shape index (κ3) is 2.60. The summed E-state index contributed by atoms with van der Waals surface area (Å²) in [5.41, 5.74) is 0.588. The standard InChI is InChI=1S/C15H15BrN2O3/c1-15(6-7-15)8-18-13(20)11(12(19)17-14(18)21)9-4-2-3-5-10(9)16/h2-5,11H,6-8H2,1H3,(H,17,19,21). The molecule has 0 radical (unpaired) electrons. The summed E-state index contributed by atoms with van der Waals surface area (Å²) in [5, 5.41) is 2.29. The molecular weight excluding hydrogens is 336 g/mol. The molecule has 4 amide bonds. The van der Waals surface area contributed by atoms with Gasteiger partial charge in [-0.1, -0.05) is 41.1 Å². The lowest BCUT2D eigenvalue weighted by Crippen LogP contribution is -2.57. The minimum absolute atomic E-state index is 0.00581. The minimum atomic E-state index is -0.972. The maximum absolute atomic E-state index is 12.6. The lowest BCUT2D eigenvalue weighted by molar-refractivity contribution is -0.139. The third-order valence-electron chi connectivity index (χ3n) is 4.11. The first-order valence-electron chi connectivity index (χ1n) is 6.82. The van der Waals surface area contributed by atoms with Crippen molar-refractivity contribution in [1.82, 2.24) is 10.2 Å². The predicted molar refractivity (Wildman–Crippen MR) is 79.5 cm³/mol. The summed E-state index contributed by atoms with van der Waals surface area (Å²) < 4.78 is 0.686. The Balaban J connectivity index is 1.93. The number of benzene rings is 1. The van der Waals surface area contributed by atoms with Gasteiger partial charge in [0.15, 0.2) is 0 Å². The molecule has 21 heavy (non-hydrogen) atoms. The molecule has 1 N–H and O–H groups in total. The molecule has 1 aromatic rings. The molecule has 1 saturated carbocycles. The summed E-state index contributed by atoms with van der Waals surface area (Å²) in [6.07, 6.45) is 2.00. The van der Waals surface area contributed by atoms with E-state index < -0.39 is 23.8 Å². The highest BCUT2D eigenvalue weighted by Crippen LogP contribution is 2.46. The van der Waals surface area contributed by atoms with Crippen molar-refractivity contribution < 1.29 is 14.4 Å². The van der Waals surface area contributed by atoms with Crippen LogP contribution in [-0.2, 0) is 9.59 Å². The van der Waals surface area contributed by atoms with Crippen LogP contribution in [0.1, 0.15) is 31.2 Å². The highest BCUT2D eigenvalue weighted by Gasteiger charge is 2.47. The Morgan fingerprint density at radius 3 is 2.57 bits per heavy atom. The smallest absolute Gasteiger partial charge is 0.277 e. The molecule has 1 heterocycles. The molecule has 2 aliphatic rings. The molecule has 5 nitrogen and oxygen atoms in total. The number of carbonyl (C=O) groups is 3. The van der Waals surface area contributed by atoms with Crippen molar-refractivity contribution >= 4 is 33.8 Å². The number of nitrogens with zero attached hydrogens (tertiary/aromatic N) is 1. The molecule has 0 aromatic heterocycles. The molecule has 1 aliphatic heterocycles. The largest absolute Gasteiger partial charge is 0.330 e. The van der Waals surface area contributed by atoms with E-state index in [2.05, 4.69) is 21.2 Å². The van der Waals surface area contributed by atoms with Crippen LogP contribution in [0.4, 0.5) is 4.79 Å². The van der Waals surface area contributed by atoms with Crippen LogP contribution in [0.25, 0.3) is 0 Å². The van der Waals surface area contributed by atoms with Crippen LogP contribution in [0.2, 0.25) is 0 Å². The van der Waals surface area contributed by atoms with Crippen LogP contribution in [0, 0.1) is 5.41 Å². The normalized spacial score (nSPS) is 24.0. The minimum Gasteiger partial charge on any atom is -0.277 e. The average molecular weight is 351 g/mol. The van der Waals surface area contributed by atoms with Crippen LogP contribution in [0.15, 0.2) is 28.7 Å². The number of hydrogen-bond donors (Lipinski definition) is 1. The monoisotopic (exact) mass is 350 g/mol. The molecule has 1 aliphatic carbocycles. The quantitative estimate of drug-likeness (QED) is 0.851. The van der Waals surface area contributed by atoms with Gasteiger partial charge in [0, 0.05) is 11.0 Å². The zero-order valence-corrected chi connectivity index (χ0v) is 13.1. The number of nitrogens with one attached hydrogen (secondary N) is 1. The molecule has 3 rings (SSSR count). The number of barbiturate groups is 1. The lowest BCUT2D eigenvalue weighted by atomic mass is 9.94. The van der Waals surface area contributed by atoms with Crippen molar-refractivity contribution in [3.8, 4) is 0 Å². The zero-order chi connectivity index (χ0) is 15.2. The molecule has 2 fully saturated rings. The summed E-state index contributed by atoms with van der Waals surface area (Å²) in [6, 6.07) is 6.47. The molecular formula is C15H15BrN2O3. The fourth-order valence-corrected chi connectivity index (χ4v) is 3.01. The van der Waals surface area contributed by atoms with Gasteiger partial charge in [0.2, 0.25) is 11.8 Å². The lowest BCUT2D eigenvalue weighted by Gasteiger charge is -2.32. The number of carbonyl (C=O) groups excluding carboxylic acids is 3. The zero-order valence-electron chi connectivity index (χ0n) is 11.6. The van der Waals surface area contributed by atoms with Gasteiger partial charge < -0.3 is 0 Å². The number of hydrogen-bond acceptors (Lipinski definition) is 3. The number of amides is 4. The van der Waals surface area contributed by atoms with Gasteiger partial charge in [0.1, 0.15) is 5.92 Å². The highest BCUT2D eigenvalue weighted by atomic mass is 79.9. The van der Waals surface area contributed by atoms with E-state index >= 15 is 0 Å². The van der Waals surface area contributed by atoms with E-state index in [1.165, 1.54) is 4.90 Å². The Hall–Kier alpha value is -1.69. The van der Waals surface area contributed by atoms with Gasteiger partial charge >= 0.3 is 6.03 Å². The number of imide groups is 2. The van der Waals surface area contributed by atoms with Crippen molar-refractivity contribution in [3.63, 3.8) is 0 Å². The van der Waals surface area contributed by atoms with Crippen molar-refractivity contribution in [1.29, 1.82) is 0 Å². The second-order valence-electron chi connectivity index (χ2n) is 5.98. The van der Waals surface area contributed by atoms with Crippen molar-refractivity contribution in [2.45, 2.75) is 25.7 Å². The van der Waals surface area contributed by atoms with E-state index in [1.54, 1.807) is 18.2 Å². The van der Waals surface area contributed by atoms with E-state index in [1.807, 2.05) is 13.0 Å². The van der Waals surface area contributed by atoms with Crippen LogP contribution in [0.5, 0.6) is 0 Å². The molecule has 1 unspecified atom stereocenters. The van der Waals surface area contributed by atoms with Crippen LogP contribution in [0.3, 0.4) is 0 Å². The number of rotatable bonds is 3. The first-order valence-corrected chi connectivity index (χ1v) is 7.61. The fraction of sp³-hybridized carbons (Fsp3) is 0.400. The average Bonchev–Trinajstić information content (AvgIpc) is 3.15. The molecule has 1 saturated heterocycles. The molecule has 110 valence electrons. The number of urea groups is 1. The van der Waals surface area contributed by atoms with Crippen molar-refractivity contribution in [3.05, 3.63) is 34.3 Å². The summed E-state index contributed by atoms with van der Waals surface area (Å²) >= 11 is 3.36. The maximum Gasteiger partial charge on any atom is 0.330 e. The topological polar surface area (TPSA) is 66.5 Å². The van der Waals surface area contributed by atoms with Crippen LogP contribution in [-0.4, -0.2) is 29.3 Å². The summed E-state index contributed by atoms with van der Waals surface area (Å²) in [7, 11) is 0. The van der Waals surface area contributed by atoms with E-state index in [9.17, 15) is 14.4 Å². The van der Waals surface area contributed by atoms with Crippen LogP contribution < -0.4 is 5.32 Å². The summed E-state index contributed by atoms with van der Waals surface area (Å²) in [6.45, 7) is 2.41. The molecule has 0 spiro atoms. The van der Waals surface area contributed by atoms with E-state index in [4.69, 9.17) is 0 Å². The van der Waals surface area contributed by atoms with E-state index in [-0.39, 0.29) is 5.41 Å². The summed E-state index contributed by atoms with van der Waals surface area (Å²) in [5.74, 6) is -1.97. The molecule has 6 heteroatoms. The Morgan fingerprint density at radius 2 is 1.95 bits per heavy atom. The fourth-order valence-electron chi connectivity index (χ4n) is 2.50.